The van der Waals surface area contributed by atoms with Crippen molar-refractivity contribution < 1.29 is 9.90 Å². The minimum absolute atomic E-state index is 0.0546. The second kappa shape index (κ2) is 5.23. The van der Waals surface area contributed by atoms with Crippen molar-refractivity contribution in [1.29, 1.82) is 0 Å². The fourth-order valence-electron chi connectivity index (χ4n) is 1.48. The van der Waals surface area contributed by atoms with Crippen LogP contribution in [0.3, 0.4) is 0 Å². The molecule has 19 heavy (non-hydrogen) atoms. The lowest BCUT2D eigenvalue weighted by molar-refractivity contribution is 0.0690. The SMILES string of the molecule is Cc1cc(C)nc(Sc2nc(C(=O)O)ccc2N)n1. The number of pyridine rings is 1. The highest BCUT2D eigenvalue weighted by molar-refractivity contribution is 7.99. The van der Waals surface area contributed by atoms with Gasteiger partial charge in [-0.3, -0.25) is 0 Å². The van der Waals surface area contributed by atoms with E-state index < -0.39 is 5.97 Å². The number of hydrogen-bond donors (Lipinski definition) is 2. The van der Waals surface area contributed by atoms with E-state index in [1.165, 1.54) is 12.1 Å². The first-order chi connectivity index (χ1) is 8.95. The number of rotatable bonds is 3. The van der Waals surface area contributed by atoms with Gasteiger partial charge in [0, 0.05) is 11.4 Å². The van der Waals surface area contributed by atoms with E-state index in [0.29, 0.717) is 15.9 Å². The lowest BCUT2D eigenvalue weighted by atomic mass is 10.3. The molecule has 0 fully saturated rings. The summed E-state index contributed by atoms with van der Waals surface area (Å²) in [5.41, 5.74) is 7.80. The van der Waals surface area contributed by atoms with Gasteiger partial charge in [-0.25, -0.2) is 19.7 Å². The molecule has 2 rings (SSSR count). The summed E-state index contributed by atoms with van der Waals surface area (Å²) in [7, 11) is 0. The summed E-state index contributed by atoms with van der Waals surface area (Å²) in [6, 6.07) is 4.74. The maximum absolute atomic E-state index is 10.9. The summed E-state index contributed by atoms with van der Waals surface area (Å²) in [5.74, 6) is -1.09. The predicted octanol–water partition coefficient (Wildman–Crippen LogP) is 1.92. The van der Waals surface area contributed by atoms with Crippen LogP contribution in [0.4, 0.5) is 5.69 Å². The molecule has 0 radical (unpaired) electrons. The van der Waals surface area contributed by atoms with E-state index in [1.807, 2.05) is 19.9 Å². The molecule has 2 aromatic rings. The van der Waals surface area contributed by atoms with Gasteiger partial charge in [0.25, 0.3) is 0 Å². The minimum Gasteiger partial charge on any atom is -0.477 e. The monoisotopic (exact) mass is 276 g/mol. The van der Waals surface area contributed by atoms with Gasteiger partial charge in [0.15, 0.2) is 5.16 Å². The number of anilines is 1. The molecular weight excluding hydrogens is 264 g/mol. The van der Waals surface area contributed by atoms with Crippen molar-refractivity contribution in [3.63, 3.8) is 0 Å². The van der Waals surface area contributed by atoms with Crippen molar-refractivity contribution in [1.82, 2.24) is 15.0 Å². The molecule has 0 bridgehead atoms. The Morgan fingerprint density at radius 2 is 1.84 bits per heavy atom. The van der Waals surface area contributed by atoms with Gasteiger partial charge in [-0.15, -0.1) is 0 Å². The zero-order chi connectivity index (χ0) is 14.0. The Hall–Kier alpha value is -2.15. The normalized spacial score (nSPS) is 10.4. The van der Waals surface area contributed by atoms with Crippen LogP contribution in [-0.2, 0) is 0 Å². The first kappa shape index (κ1) is 13.3. The molecule has 7 heteroatoms. The molecule has 2 aromatic heterocycles. The largest absolute Gasteiger partial charge is 0.477 e. The van der Waals surface area contributed by atoms with Crippen molar-refractivity contribution in [2.75, 3.05) is 5.73 Å². The topological polar surface area (TPSA) is 102 Å². The van der Waals surface area contributed by atoms with Gasteiger partial charge in [-0.05, 0) is 43.8 Å². The number of carbonyl (C=O) groups is 1. The minimum atomic E-state index is -1.09. The molecule has 6 nitrogen and oxygen atoms in total. The standard InChI is InChI=1S/C12H12N4O2S/c1-6-5-7(2)15-12(14-6)19-10-8(13)3-4-9(16-10)11(17)18/h3-5H,13H2,1-2H3,(H,17,18). The average molecular weight is 276 g/mol. The molecule has 0 aromatic carbocycles. The third kappa shape index (κ3) is 3.19. The van der Waals surface area contributed by atoms with Gasteiger partial charge >= 0.3 is 5.97 Å². The maximum Gasteiger partial charge on any atom is 0.354 e. The molecule has 0 aliphatic heterocycles. The zero-order valence-electron chi connectivity index (χ0n) is 10.4. The van der Waals surface area contributed by atoms with Crippen LogP contribution in [0.25, 0.3) is 0 Å². The van der Waals surface area contributed by atoms with Gasteiger partial charge in [-0.2, -0.15) is 0 Å². The van der Waals surface area contributed by atoms with E-state index >= 15 is 0 Å². The van der Waals surface area contributed by atoms with Crippen molar-refractivity contribution in [2.24, 2.45) is 0 Å². The van der Waals surface area contributed by atoms with E-state index in [1.54, 1.807) is 0 Å². The summed E-state index contributed by atoms with van der Waals surface area (Å²) >= 11 is 1.15. The molecule has 0 saturated heterocycles. The van der Waals surface area contributed by atoms with Crippen LogP contribution < -0.4 is 5.73 Å². The molecule has 2 heterocycles. The van der Waals surface area contributed by atoms with Crippen LogP contribution in [0.1, 0.15) is 21.9 Å². The highest BCUT2D eigenvalue weighted by Crippen LogP contribution is 2.28. The van der Waals surface area contributed by atoms with E-state index in [-0.39, 0.29) is 5.69 Å². The molecule has 0 saturated carbocycles. The molecular formula is C12H12N4O2S. The Morgan fingerprint density at radius 3 is 2.42 bits per heavy atom. The fourth-order valence-corrected chi connectivity index (χ4v) is 2.36. The predicted molar refractivity (Wildman–Crippen MR) is 71.2 cm³/mol. The molecule has 0 amide bonds. The van der Waals surface area contributed by atoms with Crippen LogP contribution >= 0.6 is 11.8 Å². The van der Waals surface area contributed by atoms with E-state index in [4.69, 9.17) is 10.8 Å². The summed E-state index contributed by atoms with van der Waals surface area (Å²) < 4.78 is 0. The summed E-state index contributed by atoms with van der Waals surface area (Å²) in [5, 5.41) is 9.80. The molecule has 0 unspecified atom stereocenters. The number of carboxylic acid groups (broad SMARTS) is 1. The van der Waals surface area contributed by atoms with Crippen LogP contribution in [0.2, 0.25) is 0 Å². The Kier molecular flexibility index (Phi) is 3.66. The fraction of sp³-hybridized carbons (Fsp3) is 0.167. The zero-order valence-corrected chi connectivity index (χ0v) is 11.2. The third-order valence-electron chi connectivity index (χ3n) is 2.26. The Labute approximate surface area is 114 Å². The van der Waals surface area contributed by atoms with E-state index in [0.717, 1.165) is 23.1 Å². The number of carboxylic acids is 1. The molecule has 0 atom stereocenters. The third-order valence-corrected chi connectivity index (χ3v) is 3.14. The average Bonchev–Trinajstić information content (AvgIpc) is 2.30. The van der Waals surface area contributed by atoms with Gasteiger partial charge < -0.3 is 10.8 Å². The summed E-state index contributed by atoms with van der Waals surface area (Å²) in [6.45, 7) is 3.73. The van der Waals surface area contributed by atoms with Crippen molar-refractivity contribution in [3.8, 4) is 0 Å². The van der Waals surface area contributed by atoms with Crippen molar-refractivity contribution in [2.45, 2.75) is 24.0 Å². The lowest BCUT2D eigenvalue weighted by Crippen LogP contribution is -2.03. The van der Waals surface area contributed by atoms with Crippen LogP contribution in [-0.4, -0.2) is 26.0 Å². The Morgan fingerprint density at radius 1 is 1.21 bits per heavy atom. The number of aromatic carboxylic acids is 1. The van der Waals surface area contributed by atoms with Gasteiger partial charge in [-0.1, -0.05) is 0 Å². The number of aryl methyl sites for hydroxylation is 2. The number of hydrogen-bond acceptors (Lipinski definition) is 6. The first-order valence-corrected chi connectivity index (χ1v) is 6.27. The van der Waals surface area contributed by atoms with Crippen LogP contribution in [0, 0.1) is 13.8 Å². The summed E-state index contributed by atoms with van der Waals surface area (Å²) in [6.07, 6.45) is 0. The van der Waals surface area contributed by atoms with Gasteiger partial charge in [0.05, 0.1) is 5.69 Å². The number of nitrogens with zero attached hydrogens (tertiary/aromatic N) is 3. The first-order valence-electron chi connectivity index (χ1n) is 5.45. The van der Waals surface area contributed by atoms with Gasteiger partial charge in [0.1, 0.15) is 10.7 Å². The maximum atomic E-state index is 10.9. The Bertz CT molecular complexity index is 625. The smallest absolute Gasteiger partial charge is 0.354 e. The van der Waals surface area contributed by atoms with E-state index in [9.17, 15) is 4.79 Å². The molecule has 0 aliphatic carbocycles. The highest BCUT2D eigenvalue weighted by atomic mass is 32.2. The molecule has 0 spiro atoms. The van der Waals surface area contributed by atoms with Gasteiger partial charge in [0.2, 0.25) is 0 Å². The second-order valence-electron chi connectivity index (χ2n) is 3.93. The molecule has 0 aliphatic rings. The molecule has 98 valence electrons. The number of aromatic nitrogens is 3. The van der Waals surface area contributed by atoms with Crippen LogP contribution in [0.5, 0.6) is 0 Å². The molecule has 3 N–H and O–H groups in total. The van der Waals surface area contributed by atoms with Crippen LogP contribution in [0.15, 0.2) is 28.4 Å². The quantitative estimate of drug-likeness (QED) is 0.825. The van der Waals surface area contributed by atoms with Crippen molar-refractivity contribution in [3.05, 3.63) is 35.3 Å². The summed E-state index contributed by atoms with van der Waals surface area (Å²) in [4.78, 5) is 23.4. The lowest BCUT2D eigenvalue weighted by Gasteiger charge is -2.05. The highest BCUT2D eigenvalue weighted by Gasteiger charge is 2.11. The number of nitrogens with two attached hydrogens (primary N) is 1. The van der Waals surface area contributed by atoms with E-state index in [2.05, 4.69) is 15.0 Å². The number of nitrogen functional groups attached to an aromatic ring is 1. The van der Waals surface area contributed by atoms with Crippen molar-refractivity contribution >= 4 is 23.4 Å². The second-order valence-corrected chi connectivity index (χ2v) is 4.89. The Balaban J connectivity index is 2.37.